The Hall–Kier alpha value is -0.940. The molecule has 140 valence electrons. The van der Waals surface area contributed by atoms with Crippen LogP contribution in [0.4, 0.5) is 0 Å². The van der Waals surface area contributed by atoms with Gasteiger partial charge in [-0.1, -0.05) is 37.3 Å². The van der Waals surface area contributed by atoms with Crippen LogP contribution in [0.3, 0.4) is 0 Å². The third kappa shape index (κ3) is 3.37. The molecule has 0 aliphatic heterocycles. The van der Waals surface area contributed by atoms with Crippen LogP contribution in [0.25, 0.3) is 0 Å². The van der Waals surface area contributed by atoms with E-state index in [2.05, 4.69) is 54.6 Å². The first-order valence-electron chi connectivity index (χ1n) is 9.61. The maximum absolute atomic E-state index is 11.6. The van der Waals surface area contributed by atoms with Crippen LogP contribution in [0.15, 0.2) is 30.3 Å². The van der Waals surface area contributed by atoms with Crippen LogP contribution in [-0.2, 0) is 4.84 Å². The van der Waals surface area contributed by atoms with Crippen molar-refractivity contribution in [3.05, 3.63) is 35.9 Å². The second-order valence-electron chi connectivity index (χ2n) is 8.80. The predicted octanol–water partition coefficient (Wildman–Crippen LogP) is 3.33. The van der Waals surface area contributed by atoms with Crippen molar-refractivity contribution in [3.63, 3.8) is 0 Å². The van der Waals surface area contributed by atoms with Gasteiger partial charge in [0.15, 0.2) is 0 Å². The first-order chi connectivity index (χ1) is 11.8. The average molecular weight is 347 g/mol. The van der Waals surface area contributed by atoms with E-state index in [1.807, 2.05) is 14.1 Å². The van der Waals surface area contributed by atoms with Crippen LogP contribution >= 0.6 is 0 Å². The Morgan fingerprint density at radius 3 is 2.56 bits per heavy atom. The fraction of sp³-hybridized carbons (Fsp3) is 0.714. The SMILES string of the molecule is CN(C)CCON[C@@]1(C)CC[C@]2(O)C[C@@H](c3ccccc3)CC[C@@]21C. The van der Waals surface area contributed by atoms with Gasteiger partial charge >= 0.3 is 0 Å². The molecule has 0 spiro atoms. The van der Waals surface area contributed by atoms with Gasteiger partial charge in [-0.25, -0.2) is 0 Å². The lowest BCUT2D eigenvalue weighted by molar-refractivity contribution is -0.145. The van der Waals surface area contributed by atoms with Crippen molar-refractivity contribution in [3.8, 4) is 0 Å². The molecule has 0 bridgehead atoms. The molecule has 4 nitrogen and oxygen atoms in total. The highest BCUT2D eigenvalue weighted by atomic mass is 16.6. The highest BCUT2D eigenvalue weighted by molar-refractivity contribution is 5.25. The highest BCUT2D eigenvalue weighted by Gasteiger charge is 2.64. The Morgan fingerprint density at radius 2 is 1.88 bits per heavy atom. The average Bonchev–Trinajstić information content (AvgIpc) is 2.80. The number of likely N-dealkylation sites (N-methyl/N-ethyl adjacent to an activating group) is 1. The van der Waals surface area contributed by atoms with E-state index in [0.717, 1.165) is 38.6 Å². The smallest absolute Gasteiger partial charge is 0.0809 e. The zero-order valence-corrected chi connectivity index (χ0v) is 16.2. The number of nitrogens with one attached hydrogen (secondary N) is 1. The van der Waals surface area contributed by atoms with Crippen molar-refractivity contribution in [1.82, 2.24) is 10.4 Å². The van der Waals surface area contributed by atoms with E-state index in [0.29, 0.717) is 12.5 Å². The number of nitrogens with zero attached hydrogens (tertiary/aromatic N) is 1. The lowest BCUT2D eigenvalue weighted by Gasteiger charge is -2.53. The molecule has 2 N–H and O–H groups in total. The quantitative estimate of drug-likeness (QED) is 0.613. The Bertz CT molecular complexity index is 579. The van der Waals surface area contributed by atoms with Gasteiger partial charge in [-0.15, -0.1) is 0 Å². The van der Waals surface area contributed by atoms with Crippen LogP contribution in [-0.4, -0.2) is 48.4 Å². The summed E-state index contributed by atoms with van der Waals surface area (Å²) in [6.45, 7) is 6.02. The van der Waals surface area contributed by atoms with Gasteiger partial charge in [-0.2, -0.15) is 5.48 Å². The van der Waals surface area contributed by atoms with Gasteiger partial charge < -0.3 is 10.0 Å². The summed E-state index contributed by atoms with van der Waals surface area (Å²) in [5.74, 6) is 0.455. The molecule has 2 aliphatic carbocycles. The molecule has 1 aromatic rings. The van der Waals surface area contributed by atoms with Crippen molar-refractivity contribution in [2.24, 2.45) is 5.41 Å². The molecule has 0 aromatic heterocycles. The van der Waals surface area contributed by atoms with Gasteiger partial charge in [0.2, 0.25) is 0 Å². The summed E-state index contributed by atoms with van der Waals surface area (Å²) < 4.78 is 0. The molecular weight excluding hydrogens is 312 g/mol. The Kier molecular flexibility index (Phi) is 5.27. The normalized spacial score (nSPS) is 38.1. The predicted molar refractivity (Wildman–Crippen MR) is 101 cm³/mol. The minimum Gasteiger partial charge on any atom is -0.389 e. The largest absolute Gasteiger partial charge is 0.389 e. The third-order valence-electron chi connectivity index (χ3n) is 7.07. The van der Waals surface area contributed by atoms with Crippen LogP contribution in [0.5, 0.6) is 0 Å². The van der Waals surface area contributed by atoms with Crippen LogP contribution in [0.1, 0.15) is 57.4 Å². The second kappa shape index (κ2) is 6.99. The number of hydroxylamine groups is 1. The monoisotopic (exact) mass is 346 g/mol. The van der Waals surface area contributed by atoms with Crippen LogP contribution in [0, 0.1) is 5.41 Å². The van der Waals surface area contributed by atoms with Gasteiger partial charge in [0.25, 0.3) is 0 Å². The molecule has 0 heterocycles. The van der Waals surface area contributed by atoms with E-state index in [9.17, 15) is 5.11 Å². The third-order valence-corrected chi connectivity index (χ3v) is 7.07. The summed E-state index contributed by atoms with van der Waals surface area (Å²) >= 11 is 0. The molecule has 2 fully saturated rings. The number of benzene rings is 1. The van der Waals surface area contributed by atoms with E-state index in [1.165, 1.54) is 5.56 Å². The molecule has 0 unspecified atom stereocenters. The van der Waals surface area contributed by atoms with Gasteiger partial charge in [0.05, 0.1) is 12.2 Å². The fourth-order valence-electron chi connectivity index (χ4n) is 4.94. The Balaban J connectivity index is 1.70. The van der Waals surface area contributed by atoms with E-state index < -0.39 is 5.60 Å². The fourth-order valence-corrected chi connectivity index (χ4v) is 4.94. The zero-order chi connectivity index (χ0) is 18.1. The summed E-state index contributed by atoms with van der Waals surface area (Å²) in [4.78, 5) is 7.91. The van der Waals surface area contributed by atoms with Gasteiger partial charge in [0.1, 0.15) is 0 Å². The molecule has 2 aliphatic rings. The maximum atomic E-state index is 11.6. The summed E-state index contributed by atoms with van der Waals surface area (Å²) in [7, 11) is 4.09. The number of hydrogen-bond donors (Lipinski definition) is 2. The number of hydrogen-bond acceptors (Lipinski definition) is 4. The molecular formula is C21H34N2O2. The lowest BCUT2D eigenvalue weighted by atomic mass is 9.57. The topological polar surface area (TPSA) is 44.7 Å². The van der Waals surface area contributed by atoms with Crippen LogP contribution < -0.4 is 5.48 Å². The minimum absolute atomic E-state index is 0.163. The van der Waals surface area contributed by atoms with E-state index in [4.69, 9.17) is 4.84 Å². The van der Waals surface area contributed by atoms with Crippen LogP contribution in [0.2, 0.25) is 0 Å². The first-order valence-corrected chi connectivity index (χ1v) is 9.61. The maximum Gasteiger partial charge on any atom is 0.0809 e. The van der Waals surface area contributed by atoms with Crippen molar-refractivity contribution in [2.75, 3.05) is 27.2 Å². The molecule has 0 radical (unpaired) electrons. The van der Waals surface area contributed by atoms with Crippen molar-refractivity contribution in [2.45, 2.75) is 63.0 Å². The Morgan fingerprint density at radius 1 is 1.16 bits per heavy atom. The molecule has 3 rings (SSSR count). The van der Waals surface area contributed by atoms with Gasteiger partial charge in [-0.05, 0) is 64.6 Å². The molecule has 1 aromatic carbocycles. The minimum atomic E-state index is -0.627. The lowest BCUT2D eigenvalue weighted by Crippen LogP contribution is -2.61. The number of aliphatic hydroxyl groups is 1. The standard InChI is InChI=1S/C21H34N2O2/c1-19-11-10-18(17-8-6-5-7-9-17)16-21(19,24)13-12-20(19,2)22-25-15-14-23(3)4/h5-9,18,22,24H,10-16H2,1-4H3/t18-,19+,20-,21-/m0/s1. The zero-order valence-electron chi connectivity index (χ0n) is 16.2. The number of fused-ring (bicyclic) bond motifs is 1. The molecule has 4 atom stereocenters. The molecule has 0 amide bonds. The molecule has 25 heavy (non-hydrogen) atoms. The summed E-state index contributed by atoms with van der Waals surface area (Å²) in [5, 5.41) is 11.6. The Labute approximate surface area is 152 Å². The van der Waals surface area contributed by atoms with E-state index in [1.54, 1.807) is 0 Å². The van der Waals surface area contributed by atoms with Gasteiger partial charge in [-0.3, -0.25) is 4.84 Å². The van der Waals surface area contributed by atoms with Gasteiger partial charge in [0, 0.05) is 17.5 Å². The van der Waals surface area contributed by atoms with E-state index >= 15 is 0 Å². The van der Waals surface area contributed by atoms with Crippen molar-refractivity contribution in [1.29, 1.82) is 0 Å². The van der Waals surface area contributed by atoms with Crippen molar-refractivity contribution >= 4 is 0 Å². The molecule has 4 heteroatoms. The summed E-state index contributed by atoms with van der Waals surface area (Å²) in [6.07, 6.45) is 4.78. The number of rotatable bonds is 6. The summed E-state index contributed by atoms with van der Waals surface area (Å²) in [6, 6.07) is 10.7. The molecule has 0 saturated heterocycles. The van der Waals surface area contributed by atoms with Crippen molar-refractivity contribution < 1.29 is 9.94 Å². The molecule has 2 saturated carbocycles. The first kappa shape index (κ1) is 18.8. The second-order valence-corrected chi connectivity index (χ2v) is 8.80. The van der Waals surface area contributed by atoms with E-state index in [-0.39, 0.29) is 11.0 Å². The highest BCUT2D eigenvalue weighted by Crippen LogP contribution is 2.62. The summed E-state index contributed by atoms with van der Waals surface area (Å²) in [5.41, 5.74) is 3.73.